The molecule has 0 aliphatic carbocycles. The fourth-order valence-corrected chi connectivity index (χ4v) is 4.55. The van der Waals surface area contributed by atoms with Gasteiger partial charge in [-0.2, -0.15) is 12.6 Å². The van der Waals surface area contributed by atoms with Crippen LogP contribution in [-0.4, -0.2) is 61.4 Å². The molecule has 1 aliphatic rings. The molecule has 40 heavy (non-hydrogen) atoms. The summed E-state index contributed by atoms with van der Waals surface area (Å²) in [7, 11) is 2.73. The van der Waals surface area contributed by atoms with E-state index >= 15 is 0 Å². The number of methoxy groups -OCH3 is 2. The number of rotatable bonds is 10. The Morgan fingerprint density at radius 3 is 2.17 bits per heavy atom. The number of thioether (sulfide) groups is 1. The molecular formula is C29H42IKN2O5S2. The van der Waals surface area contributed by atoms with Crippen LogP contribution in [0, 0.1) is 0 Å². The van der Waals surface area contributed by atoms with Gasteiger partial charge in [0.25, 0.3) is 0 Å². The van der Waals surface area contributed by atoms with E-state index in [1.165, 1.54) is 25.3 Å². The Labute approximate surface area is 310 Å². The second-order valence-electron chi connectivity index (χ2n) is 8.14. The molecule has 0 amide bonds. The molecule has 0 aromatic heterocycles. The van der Waals surface area contributed by atoms with Gasteiger partial charge in [0.05, 0.1) is 31.6 Å². The largest absolute Gasteiger partial charge is 1.00 e. The van der Waals surface area contributed by atoms with Gasteiger partial charge in [0.15, 0.2) is 0 Å². The van der Waals surface area contributed by atoms with E-state index in [0.717, 1.165) is 35.8 Å². The molecule has 2 aromatic rings. The number of ether oxygens (including phenoxy) is 3. The predicted octanol–water partition coefficient (Wildman–Crippen LogP) is 2.63. The van der Waals surface area contributed by atoms with Gasteiger partial charge in [0.2, 0.25) is 0 Å². The number of nitrogens with two attached hydrogens (primary N) is 1. The average molecular weight is 729 g/mol. The van der Waals surface area contributed by atoms with Crippen molar-refractivity contribution < 1.29 is 76.6 Å². The summed E-state index contributed by atoms with van der Waals surface area (Å²) in [6, 6.07) is 19.6. The minimum atomic E-state index is -0.507. The number of thiol groups is 1. The van der Waals surface area contributed by atoms with Crippen LogP contribution >= 0.6 is 48.4 Å². The van der Waals surface area contributed by atoms with Crippen molar-refractivity contribution in [3.63, 3.8) is 0 Å². The summed E-state index contributed by atoms with van der Waals surface area (Å²) in [6.45, 7) is 6.49. The molecule has 2 aromatic carbocycles. The van der Waals surface area contributed by atoms with E-state index in [4.69, 9.17) is 15.2 Å². The third kappa shape index (κ3) is 18.9. The van der Waals surface area contributed by atoms with Crippen LogP contribution in [0.2, 0.25) is 0 Å². The Morgan fingerprint density at radius 2 is 1.68 bits per heavy atom. The molecule has 0 saturated carbocycles. The fraction of sp³-hybridized carbons (Fsp3) is 0.414. The maximum absolute atomic E-state index is 11.4. The number of allylic oxidation sites excluding steroid dienone is 1. The van der Waals surface area contributed by atoms with Crippen molar-refractivity contribution in [2.24, 2.45) is 10.7 Å². The van der Waals surface area contributed by atoms with Crippen molar-refractivity contribution in [3.05, 3.63) is 84.1 Å². The molecule has 1 aliphatic heterocycles. The number of carbonyl (C=O) groups is 2. The summed E-state index contributed by atoms with van der Waals surface area (Å²) in [5.74, 6) is 1.78. The van der Waals surface area contributed by atoms with Gasteiger partial charge in [-0.25, -0.2) is 4.79 Å². The van der Waals surface area contributed by atoms with Gasteiger partial charge < -0.3 is 21.4 Å². The van der Waals surface area contributed by atoms with E-state index in [2.05, 4.69) is 53.2 Å². The summed E-state index contributed by atoms with van der Waals surface area (Å²) in [6.07, 6.45) is 2.96. The summed E-state index contributed by atoms with van der Waals surface area (Å²) in [5.41, 5.74) is 7.79. The number of benzene rings is 2. The molecule has 218 valence electrons. The van der Waals surface area contributed by atoms with Gasteiger partial charge in [0.1, 0.15) is 12.1 Å². The number of hydrogen-bond donors (Lipinski definition) is 2. The van der Waals surface area contributed by atoms with E-state index < -0.39 is 6.04 Å². The molecule has 0 spiro atoms. The van der Waals surface area contributed by atoms with Gasteiger partial charge in [0, 0.05) is 18.6 Å². The Balaban J connectivity index is -0.000000537. The van der Waals surface area contributed by atoms with Crippen LogP contribution < -0.4 is 57.1 Å². The zero-order valence-electron chi connectivity index (χ0n) is 24.9. The van der Waals surface area contributed by atoms with Crippen LogP contribution in [0.5, 0.6) is 0 Å². The summed E-state index contributed by atoms with van der Waals surface area (Å²) in [4.78, 5) is 26.4. The summed E-state index contributed by atoms with van der Waals surface area (Å²) < 4.78 is 14.4. The fourth-order valence-electron chi connectivity index (χ4n) is 3.22. The number of aliphatic imine (C=N–C) groups is 1. The Hall–Kier alpha value is -0.384. The summed E-state index contributed by atoms with van der Waals surface area (Å²) >= 11 is 5.64. The molecular weight excluding hydrogens is 686 g/mol. The Kier molecular flexibility index (Phi) is 27.4. The third-order valence-electron chi connectivity index (χ3n) is 5.17. The van der Waals surface area contributed by atoms with Crippen molar-refractivity contribution >= 4 is 65.3 Å². The van der Waals surface area contributed by atoms with Crippen molar-refractivity contribution in [2.75, 3.05) is 32.3 Å². The molecule has 3 rings (SSSR count). The van der Waals surface area contributed by atoms with Crippen LogP contribution in [0.4, 0.5) is 0 Å². The first kappa shape index (κ1) is 41.8. The SMILES string of the molecule is C=C(Cc1ccccc1)OCC.COC(=O)[C@@H](N)CCS.COC(=O)[C@@H]1CCSC(Cc2ccccc2)=N1.I.[H-].[K+]. The normalized spacial score (nSPS) is 14.0. The van der Waals surface area contributed by atoms with E-state index in [1.54, 1.807) is 11.8 Å². The molecule has 0 saturated heterocycles. The van der Waals surface area contributed by atoms with Crippen molar-refractivity contribution in [1.29, 1.82) is 0 Å². The third-order valence-corrected chi connectivity index (χ3v) is 6.45. The Morgan fingerprint density at radius 1 is 1.10 bits per heavy atom. The van der Waals surface area contributed by atoms with Crippen LogP contribution in [0.1, 0.15) is 32.3 Å². The zero-order valence-corrected chi connectivity index (χ0v) is 31.1. The second-order valence-corrected chi connectivity index (χ2v) is 9.75. The molecule has 11 heteroatoms. The summed E-state index contributed by atoms with van der Waals surface area (Å²) in [5, 5.41) is 1.03. The topological polar surface area (TPSA) is 100 Å². The minimum absolute atomic E-state index is 0. The first-order chi connectivity index (χ1) is 18.3. The molecule has 1 heterocycles. The average Bonchev–Trinajstić information content (AvgIpc) is 2.94. The van der Waals surface area contributed by atoms with Gasteiger partial charge in [-0.05, 0) is 36.6 Å². The smallest absolute Gasteiger partial charge is 1.00 e. The first-order valence-corrected chi connectivity index (χ1v) is 14.1. The van der Waals surface area contributed by atoms with Crippen molar-refractivity contribution in [3.8, 4) is 0 Å². The van der Waals surface area contributed by atoms with E-state index in [0.29, 0.717) is 18.8 Å². The van der Waals surface area contributed by atoms with Crippen molar-refractivity contribution in [1.82, 2.24) is 0 Å². The maximum atomic E-state index is 11.4. The quantitative estimate of drug-likeness (QED) is 0.128. The molecule has 0 fully saturated rings. The molecule has 0 bridgehead atoms. The molecule has 2 N–H and O–H groups in total. The number of esters is 2. The van der Waals surface area contributed by atoms with Crippen molar-refractivity contribution in [2.45, 2.75) is 44.7 Å². The minimum Gasteiger partial charge on any atom is -1.00 e. The molecule has 0 radical (unpaired) electrons. The zero-order chi connectivity index (χ0) is 28.2. The van der Waals surface area contributed by atoms with E-state index in [-0.39, 0.29) is 94.8 Å². The molecule has 7 nitrogen and oxygen atoms in total. The van der Waals surface area contributed by atoms with Crippen LogP contribution in [0.15, 0.2) is 78.0 Å². The second kappa shape index (κ2) is 26.3. The standard InChI is InChI=1S/C13H15NO2S.C11H14O.C5H11NO2S.HI.K.H/c1-16-13(15)11-7-8-17-12(14-11)9-10-5-3-2-4-6-10;1-3-12-10(2)9-11-7-5-4-6-8-11;1-8-5(7)4(6)2-3-9;;;/h2-6,11H,7-9H2,1H3;4-8H,2-3,9H2,1H3;4,9H,2-3,6H2,1H3;1H;;/q;;;;+1;-1/t11-;;4-;;;/m0.0.../s1. The van der Waals surface area contributed by atoms with Gasteiger partial charge in [-0.1, -0.05) is 67.2 Å². The number of carbonyl (C=O) groups excluding carboxylic acids is 2. The number of hydrogen-bond acceptors (Lipinski definition) is 9. The van der Waals surface area contributed by atoms with E-state index in [9.17, 15) is 9.59 Å². The maximum Gasteiger partial charge on any atom is 1.00 e. The van der Waals surface area contributed by atoms with Gasteiger partial charge >= 0.3 is 63.3 Å². The van der Waals surface area contributed by atoms with Crippen LogP contribution in [0.25, 0.3) is 0 Å². The number of nitrogens with zero attached hydrogens (tertiary/aromatic N) is 1. The predicted molar refractivity (Wildman–Crippen MR) is 176 cm³/mol. The monoisotopic (exact) mass is 728 g/mol. The van der Waals surface area contributed by atoms with Crippen LogP contribution in [0.3, 0.4) is 0 Å². The number of halogens is 1. The van der Waals surface area contributed by atoms with Gasteiger partial charge in [-0.15, -0.1) is 35.7 Å². The molecule has 0 unspecified atom stereocenters. The molecule has 2 atom stereocenters. The van der Waals surface area contributed by atoms with Gasteiger partial charge in [-0.3, -0.25) is 9.79 Å². The Bertz CT molecular complexity index is 1010. The first-order valence-electron chi connectivity index (χ1n) is 12.4. The van der Waals surface area contributed by atoms with Crippen LogP contribution in [-0.2, 0) is 36.6 Å². The van der Waals surface area contributed by atoms with E-state index in [1.807, 2.05) is 43.3 Å².